The summed E-state index contributed by atoms with van der Waals surface area (Å²) in [5.74, 6) is 0.328. The van der Waals surface area contributed by atoms with E-state index in [1.807, 2.05) is 45.9 Å². The summed E-state index contributed by atoms with van der Waals surface area (Å²) in [4.78, 5) is 4.16. The van der Waals surface area contributed by atoms with Gasteiger partial charge < -0.3 is 16.4 Å². The molecule has 0 spiro atoms. The van der Waals surface area contributed by atoms with Crippen molar-refractivity contribution in [1.29, 1.82) is 0 Å². The molecule has 0 aliphatic carbocycles. The Morgan fingerprint density at radius 2 is 1.83 bits per heavy atom. The van der Waals surface area contributed by atoms with Crippen LogP contribution in [0.1, 0.15) is 25.0 Å². The molecule has 0 atom stereocenters. The van der Waals surface area contributed by atoms with Crippen molar-refractivity contribution in [3.05, 3.63) is 29.3 Å². The fourth-order valence-corrected chi connectivity index (χ4v) is 1.79. The molecule has 4 N–H and O–H groups in total. The summed E-state index contributed by atoms with van der Waals surface area (Å²) in [5.41, 5.74) is 9.00. The van der Waals surface area contributed by atoms with Crippen LogP contribution in [-0.2, 0) is 0 Å². The van der Waals surface area contributed by atoms with Gasteiger partial charge in [-0.15, -0.1) is 0 Å². The predicted molar refractivity (Wildman–Crippen MR) is 82.0 cm³/mol. The quantitative estimate of drug-likeness (QED) is 0.436. The largest absolute Gasteiger partial charge is 0.370 e. The molecule has 0 aromatic heterocycles. The van der Waals surface area contributed by atoms with Crippen molar-refractivity contribution in [1.82, 2.24) is 5.32 Å². The molecule has 98 valence electrons. The van der Waals surface area contributed by atoms with Gasteiger partial charge in [-0.1, -0.05) is 18.2 Å². The van der Waals surface area contributed by atoms with Crippen LogP contribution < -0.4 is 16.4 Å². The second-order valence-electron chi connectivity index (χ2n) is 4.45. The first-order valence-corrected chi connectivity index (χ1v) is 6.28. The molecule has 1 aromatic rings. The van der Waals surface area contributed by atoms with E-state index in [4.69, 9.17) is 18.0 Å². The summed E-state index contributed by atoms with van der Waals surface area (Å²) in [7, 11) is 0. The smallest absolute Gasteiger partial charge is 0.195 e. The normalized spacial score (nSPS) is 11.5. The van der Waals surface area contributed by atoms with E-state index in [0.29, 0.717) is 11.1 Å². The maximum Gasteiger partial charge on any atom is 0.195 e. The zero-order valence-corrected chi connectivity index (χ0v) is 12.1. The number of benzene rings is 1. The third-order valence-electron chi connectivity index (χ3n) is 2.36. The van der Waals surface area contributed by atoms with Crippen molar-refractivity contribution in [2.24, 2.45) is 10.7 Å². The number of aryl methyl sites for hydroxylation is 2. The maximum absolute atomic E-state index is 5.72. The van der Waals surface area contributed by atoms with Gasteiger partial charge in [-0.25, -0.2) is 0 Å². The maximum atomic E-state index is 5.72. The highest BCUT2D eigenvalue weighted by Crippen LogP contribution is 2.18. The highest BCUT2D eigenvalue weighted by molar-refractivity contribution is 7.80. The Bertz CT molecular complexity index is 446. The minimum atomic E-state index is 0.139. The van der Waals surface area contributed by atoms with Gasteiger partial charge >= 0.3 is 0 Å². The van der Waals surface area contributed by atoms with E-state index in [9.17, 15) is 0 Å². The van der Waals surface area contributed by atoms with E-state index in [1.165, 1.54) is 0 Å². The zero-order chi connectivity index (χ0) is 13.7. The molecule has 18 heavy (non-hydrogen) atoms. The van der Waals surface area contributed by atoms with Crippen LogP contribution in [0.4, 0.5) is 5.69 Å². The van der Waals surface area contributed by atoms with E-state index in [2.05, 4.69) is 15.6 Å². The van der Waals surface area contributed by atoms with E-state index < -0.39 is 0 Å². The molecule has 0 unspecified atom stereocenters. The number of para-hydroxylation sites is 1. The van der Waals surface area contributed by atoms with Gasteiger partial charge in [-0.05, 0) is 51.0 Å². The topological polar surface area (TPSA) is 62.4 Å². The Morgan fingerprint density at radius 3 is 2.33 bits per heavy atom. The van der Waals surface area contributed by atoms with Crippen LogP contribution in [0, 0.1) is 13.8 Å². The van der Waals surface area contributed by atoms with Gasteiger partial charge in [0.25, 0.3) is 0 Å². The Hall–Kier alpha value is -1.62. The molecule has 0 aliphatic heterocycles. The standard InChI is InChI=1S/C13H20N4S/c1-8(2)15-12(14)17-13(18)16-11-9(3)6-5-7-10(11)4/h5-8H,1-4H3,(H4,14,15,16,17,18). The molecule has 5 heteroatoms. The number of nitrogens with one attached hydrogen (secondary N) is 2. The summed E-state index contributed by atoms with van der Waals surface area (Å²) in [6, 6.07) is 6.22. The van der Waals surface area contributed by atoms with E-state index in [0.717, 1.165) is 16.8 Å². The van der Waals surface area contributed by atoms with Crippen molar-refractivity contribution in [3.63, 3.8) is 0 Å². The molecule has 0 amide bonds. The Morgan fingerprint density at radius 1 is 1.28 bits per heavy atom. The number of nitrogens with two attached hydrogens (primary N) is 1. The van der Waals surface area contributed by atoms with Crippen molar-refractivity contribution >= 4 is 29.0 Å². The number of hydrogen-bond donors (Lipinski definition) is 3. The lowest BCUT2D eigenvalue weighted by Gasteiger charge is -2.14. The zero-order valence-electron chi connectivity index (χ0n) is 11.2. The van der Waals surface area contributed by atoms with Crippen molar-refractivity contribution in [3.8, 4) is 0 Å². The minimum absolute atomic E-state index is 0.139. The average molecular weight is 264 g/mol. The molecule has 0 bridgehead atoms. The molecule has 4 nitrogen and oxygen atoms in total. The van der Waals surface area contributed by atoms with Crippen LogP contribution in [0.2, 0.25) is 0 Å². The number of guanidine groups is 1. The Kier molecular flexibility index (Phi) is 5.09. The van der Waals surface area contributed by atoms with Crippen molar-refractivity contribution in [2.45, 2.75) is 33.7 Å². The molecule has 0 radical (unpaired) electrons. The van der Waals surface area contributed by atoms with Gasteiger partial charge in [0, 0.05) is 11.7 Å². The third-order valence-corrected chi connectivity index (χ3v) is 2.56. The first-order chi connectivity index (χ1) is 8.40. The molecule has 0 fully saturated rings. The first-order valence-electron chi connectivity index (χ1n) is 5.87. The third kappa shape index (κ3) is 4.33. The molecule has 0 saturated carbocycles. The second kappa shape index (κ2) is 6.35. The number of nitrogens with zero attached hydrogens (tertiary/aromatic N) is 1. The molecular weight excluding hydrogens is 244 g/mol. The molecule has 1 aromatic carbocycles. The highest BCUT2D eigenvalue weighted by atomic mass is 32.1. The predicted octanol–water partition coefficient (Wildman–Crippen LogP) is 2.31. The van der Waals surface area contributed by atoms with E-state index in [1.54, 1.807) is 0 Å². The Labute approximate surface area is 114 Å². The van der Waals surface area contributed by atoms with Gasteiger partial charge in [0.2, 0.25) is 0 Å². The Balaban J connectivity index is 2.71. The lowest BCUT2D eigenvalue weighted by Crippen LogP contribution is -2.40. The summed E-state index contributed by atoms with van der Waals surface area (Å²) in [6.07, 6.45) is 0. The number of aliphatic imine (C=N–C) groups is 1. The molecule has 0 heterocycles. The second-order valence-corrected chi connectivity index (χ2v) is 4.86. The SMILES string of the molecule is Cc1cccc(C)c1NC(=S)NC(N)=NC(C)C. The van der Waals surface area contributed by atoms with Gasteiger partial charge in [0.15, 0.2) is 11.1 Å². The highest BCUT2D eigenvalue weighted by Gasteiger charge is 2.05. The lowest BCUT2D eigenvalue weighted by atomic mass is 10.1. The summed E-state index contributed by atoms with van der Waals surface area (Å²) in [6.45, 7) is 7.97. The van der Waals surface area contributed by atoms with Crippen molar-refractivity contribution in [2.75, 3.05) is 5.32 Å². The van der Waals surface area contributed by atoms with Crippen LogP contribution in [0.3, 0.4) is 0 Å². The number of hydrogen-bond acceptors (Lipinski definition) is 2. The number of thiocarbonyl (C=S) groups is 1. The molecule has 0 aliphatic rings. The van der Waals surface area contributed by atoms with Crippen LogP contribution in [0.25, 0.3) is 0 Å². The van der Waals surface area contributed by atoms with E-state index in [-0.39, 0.29) is 6.04 Å². The molecule has 0 saturated heterocycles. The lowest BCUT2D eigenvalue weighted by molar-refractivity contribution is 0.828. The van der Waals surface area contributed by atoms with Crippen LogP contribution in [0.15, 0.2) is 23.2 Å². The van der Waals surface area contributed by atoms with Crippen LogP contribution >= 0.6 is 12.2 Å². The van der Waals surface area contributed by atoms with Crippen LogP contribution in [-0.4, -0.2) is 17.1 Å². The van der Waals surface area contributed by atoms with Gasteiger partial charge in [-0.2, -0.15) is 0 Å². The van der Waals surface area contributed by atoms with E-state index >= 15 is 0 Å². The average Bonchev–Trinajstić information content (AvgIpc) is 2.22. The van der Waals surface area contributed by atoms with Gasteiger partial charge in [-0.3, -0.25) is 4.99 Å². The summed E-state index contributed by atoms with van der Waals surface area (Å²) < 4.78 is 0. The van der Waals surface area contributed by atoms with Crippen LogP contribution in [0.5, 0.6) is 0 Å². The summed E-state index contributed by atoms with van der Waals surface area (Å²) >= 11 is 5.20. The monoisotopic (exact) mass is 264 g/mol. The van der Waals surface area contributed by atoms with Gasteiger partial charge in [0.05, 0.1) is 0 Å². The minimum Gasteiger partial charge on any atom is -0.370 e. The molecule has 1 rings (SSSR count). The van der Waals surface area contributed by atoms with Crippen molar-refractivity contribution < 1.29 is 0 Å². The fourth-order valence-electron chi connectivity index (χ4n) is 1.58. The fraction of sp³-hybridized carbons (Fsp3) is 0.385. The summed E-state index contributed by atoms with van der Waals surface area (Å²) in [5, 5.41) is 6.46. The molecular formula is C13H20N4S. The first kappa shape index (κ1) is 14.4. The number of rotatable bonds is 2. The number of anilines is 1. The van der Waals surface area contributed by atoms with Gasteiger partial charge in [0.1, 0.15) is 0 Å².